The van der Waals surface area contributed by atoms with Gasteiger partial charge in [-0.2, -0.15) is 13.2 Å². The van der Waals surface area contributed by atoms with E-state index in [0.717, 1.165) is 31.4 Å². The van der Waals surface area contributed by atoms with Crippen molar-refractivity contribution in [2.75, 3.05) is 18.9 Å². The molecule has 1 aliphatic carbocycles. The van der Waals surface area contributed by atoms with E-state index in [2.05, 4.69) is 46.4 Å². The Morgan fingerprint density at radius 1 is 1.19 bits per heavy atom. The van der Waals surface area contributed by atoms with Crippen LogP contribution >= 0.6 is 0 Å². The number of hydrogen-bond donors (Lipinski definition) is 2. The van der Waals surface area contributed by atoms with Gasteiger partial charge in [-0.1, -0.05) is 0 Å². The Balaban J connectivity index is 1.52. The van der Waals surface area contributed by atoms with Gasteiger partial charge in [-0.05, 0) is 64.8 Å². The highest BCUT2D eigenvalue weighted by Crippen LogP contribution is 2.34. The van der Waals surface area contributed by atoms with Crippen LogP contribution < -0.4 is 10.6 Å². The number of nitrogens with zero attached hydrogens (tertiary/aromatic N) is 4. The number of fused-ring (bicyclic) bond motifs is 1. The fourth-order valence-electron chi connectivity index (χ4n) is 5.39. The summed E-state index contributed by atoms with van der Waals surface area (Å²) < 4.78 is 39.8. The molecule has 4 rings (SSSR count). The zero-order valence-electron chi connectivity index (χ0n) is 21.0. The van der Waals surface area contributed by atoms with Gasteiger partial charge in [0.1, 0.15) is 18.2 Å². The van der Waals surface area contributed by atoms with Gasteiger partial charge in [0.25, 0.3) is 0 Å². The van der Waals surface area contributed by atoms with Gasteiger partial charge in [-0.15, -0.1) is 0 Å². The van der Waals surface area contributed by atoms with Gasteiger partial charge in [0.2, 0.25) is 11.8 Å². The number of anilines is 1. The van der Waals surface area contributed by atoms with Crippen LogP contribution in [0.4, 0.5) is 19.0 Å². The molecule has 2 amide bonds. The molecule has 36 heavy (non-hydrogen) atoms. The Bertz CT molecular complexity index is 1120. The lowest BCUT2D eigenvalue weighted by Gasteiger charge is -2.44. The molecule has 0 spiro atoms. The molecule has 1 aliphatic heterocycles. The van der Waals surface area contributed by atoms with Gasteiger partial charge in [0.05, 0.1) is 23.2 Å². The third kappa shape index (κ3) is 5.40. The largest absolute Gasteiger partial charge is 0.416 e. The Labute approximate surface area is 208 Å². The van der Waals surface area contributed by atoms with Crippen LogP contribution in [-0.2, 0) is 15.8 Å². The minimum absolute atomic E-state index is 0.132. The van der Waals surface area contributed by atoms with Crippen LogP contribution in [0.15, 0.2) is 24.5 Å². The Morgan fingerprint density at radius 2 is 1.94 bits per heavy atom. The van der Waals surface area contributed by atoms with Gasteiger partial charge >= 0.3 is 6.18 Å². The first-order valence-electron chi connectivity index (χ1n) is 12.3. The van der Waals surface area contributed by atoms with Crippen LogP contribution in [0.5, 0.6) is 0 Å². The molecule has 8 nitrogen and oxygen atoms in total. The third-order valence-corrected chi connectivity index (χ3v) is 7.48. The van der Waals surface area contributed by atoms with Crippen molar-refractivity contribution in [1.29, 1.82) is 0 Å². The molecule has 1 aromatic heterocycles. The fraction of sp³-hybridized carbons (Fsp3) is 0.600. The lowest BCUT2D eigenvalue weighted by atomic mass is 9.84. The number of aromatic nitrogens is 2. The van der Waals surface area contributed by atoms with E-state index in [1.807, 2.05) is 4.90 Å². The van der Waals surface area contributed by atoms with E-state index in [9.17, 15) is 22.8 Å². The first kappa shape index (κ1) is 26.1. The molecule has 11 heteroatoms. The first-order valence-corrected chi connectivity index (χ1v) is 12.3. The highest BCUT2D eigenvalue weighted by molar-refractivity contribution is 5.93. The summed E-state index contributed by atoms with van der Waals surface area (Å²) in [4.78, 5) is 37.7. The minimum Gasteiger partial charge on any atom is -0.358 e. The maximum absolute atomic E-state index is 13.4. The van der Waals surface area contributed by atoms with Crippen LogP contribution in [0.2, 0.25) is 0 Å². The van der Waals surface area contributed by atoms with E-state index in [-0.39, 0.29) is 35.1 Å². The van der Waals surface area contributed by atoms with Gasteiger partial charge in [-0.3, -0.25) is 9.59 Å². The van der Waals surface area contributed by atoms with Crippen LogP contribution in [0.1, 0.15) is 52.0 Å². The predicted octanol–water partition coefficient (Wildman–Crippen LogP) is 3.43. The summed E-state index contributed by atoms with van der Waals surface area (Å²) in [5.74, 6) is -0.0659. The minimum atomic E-state index is -4.50. The average Bonchev–Trinajstić information content (AvgIpc) is 3.17. The average molecular weight is 507 g/mol. The van der Waals surface area contributed by atoms with Gasteiger partial charge in [-0.25, -0.2) is 9.97 Å². The summed E-state index contributed by atoms with van der Waals surface area (Å²) in [6, 6.07) is 3.05. The number of hydrogen-bond acceptors (Lipinski definition) is 6. The number of benzene rings is 1. The SMILES string of the molecule is CC(=O)N[C@@H]1C[C@H](N(C)C(C)C)CC[C@@H]1N1CC[C@H](Nc2ncnc3ccc(C(F)(F)F)cc23)C1=O. The van der Waals surface area contributed by atoms with Crippen molar-refractivity contribution >= 4 is 28.5 Å². The molecule has 2 fully saturated rings. The number of nitrogens with one attached hydrogen (secondary N) is 2. The number of halogens is 3. The van der Waals surface area contributed by atoms with E-state index in [1.165, 1.54) is 19.3 Å². The monoisotopic (exact) mass is 506 g/mol. The highest BCUT2D eigenvalue weighted by atomic mass is 19.4. The molecule has 1 saturated carbocycles. The summed E-state index contributed by atoms with van der Waals surface area (Å²) in [5, 5.41) is 6.34. The maximum atomic E-state index is 13.4. The van der Waals surface area contributed by atoms with Crippen LogP contribution in [0.3, 0.4) is 0 Å². The van der Waals surface area contributed by atoms with E-state index in [4.69, 9.17) is 0 Å². The summed E-state index contributed by atoms with van der Waals surface area (Å²) in [6.45, 7) is 6.25. The predicted molar refractivity (Wildman–Crippen MR) is 130 cm³/mol. The molecule has 1 saturated heterocycles. The Morgan fingerprint density at radius 3 is 2.61 bits per heavy atom. The second-order valence-electron chi connectivity index (χ2n) is 10.1. The molecule has 0 radical (unpaired) electrons. The van der Waals surface area contributed by atoms with Crippen molar-refractivity contribution in [2.24, 2.45) is 0 Å². The normalized spacial score (nSPS) is 25.1. The summed E-state index contributed by atoms with van der Waals surface area (Å²) in [6.07, 6.45) is -0.318. The Kier molecular flexibility index (Phi) is 7.40. The molecule has 0 bridgehead atoms. The van der Waals surface area contributed by atoms with Crippen molar-refractivity contribution in [3.05, 3.63) is 30.1 Å². The summed E-state index contributed by atoms with van der Waals surface area (Å²) in [7, 11) is 2.08. The lowest BCUT2D eigenvalue weighted by Crippen LogP contribution is -2.58. The topological polar surface area (TPSA) is 90.5 Å². The number of alkyl halides is 3. The zero-order valence-corrected chi connectivity index (χ0v) is 21.0. The van der Waals surface area contributed by atoms with E-state index < -0.39 is 17.8 Å². The number of carbonyl (C=O) groups excluding carboxylic acids is 2. The van der Waals surface area contributed by atoms with Crippen LogP contribution in [0.25, 0.3) is 10.9 Å². The van der Waals surface area contributed by atoms with Gasteiger partial charge in [0.15, 0.2) is 0 Å². The first-order chi connectivity index (χ1) is 17.0. The number of likely N-dealkylation sites (tertiary alicyclic amines) is 1. The van der Waals surface area contributed by atoms with Gasteiger partial charge in [0, 0.05) is 30.9 Å². The van der Waals surface area contributed by atoms with Crippen molar-refractivity contribution in [2.45, 2.75) is 82.8 Å². The molecule has 0 unspecified atom stereocenters. The second-order valence-corrected chi connectivity index (χ2v) is 10.1. The molecule has 1 aromatic carbocycles. The lowest BCUT2D eigenvalue weighted by molar-refractivity contribution is -0.137. The molecule has 2 heterocycles. The fourth-order valence-corrected chi connectivity index (χ4v) is 5.39. The summed E-state index contributed by atoms with van der Waals surface area (Å²) >= 11 is 0. The molecule has 2 N–H and O–H groups in total. The smallest absolute Gasteiger partial charge is 0.358 e. The van der Waals surface area contributed by atoms with E-state index in [1.54, 1.807) is 0 Å². The highest BCUT2D eigenvalue weighted by Gasteiger charge is 2.43. The van der Waals surface area contributed by atoms with Crippen molar-refractivity contribution in [1.82, 2.24) is 25.1 Å². The zero-order chi connectivity index (χ0) is 26.2. The number of rotatable bonds is 6. The van der Waals surface area contributed by atoms with Crippen molar-refractivity contribution in [3.63, 3.8) is 0 Å². The maximum Gasteiger partial charge on any atom is 0.416 e. The standard InChI is InChI=1S/C25H33F3N6O2/c1-14(2)33(4)17-6-8-22(21(12-17)31-15(3)35)34-10-9-20(24(34)36)32-23-18-11-16(25(26,27)28)5-7-19(18)29-13-30-23/h5,7,11,13-14,17,20-22H,6,8-10,12H2,1-4H3,(H,31,35)(H,29,30,32)/t17-,20+,21-,22+/m1/s1. The van der Waals surface area contributed by atoms with Gasteiger partial charge < -0.3 is 20.4 Å². The molecule has 2 aliphatic rings. The molecule has 2 aromatic rings. The third-order valence-electron chi connectivity index (χ3n) is 7.48. The van der Waals surface area contributed by atoms with E-state index in [0.29, 0.717) is 30.6 Å². The molecule has 4 atom stereocenters. The molecular formula is C25H33F3N6O2. The second kappa shape index (κ2) is 10.2. The van der Waals surface area contributed by atoms with Crippen LogP contribution in [-0.4, -0.2) is 75.4 Å². The van der Waals surface area contributed by atoms with Crippen molar-refractivity contribution in [3.8, 4) is 0 Å². The Hall–Kier alpha value is -2.95. The van der Waals surface area contributed by atoms with Crippen LogP contribution in [0, 0.1) is 0 Å². The summed E-state index contributed by atoms with van der Waals surface area (Å²) in [5.41, 5.74) is -0.436. The van der Waals surface area contributed by atoms with E-state index >= 15 is 0 Å². The quantitative estimate of drug-likeness (QED) is 0.624. The molecule has 196 valence electrons. The number of amides is 2. The number of carbonyl (C=O) groups is 2. The molecular weight excluding hydrogens is 473 g/mol. The van der Waals surface area contributed by atoms with Crippen molar-refractivity contribution < 1.29 is 22.8 Å².